The van der Waals surface area contributed by atoms with Gasteiger partial charge in [-0.25, -0.2) is 0 Å². The second kappa shape index (κ2) is 7.77. The van der Waals surface area contributed by atoms with Gasteiger partial charge in [-0.2, -0.15) is 5.26 Å². The second-order valence-corrected chi connectivity index (χ2v) is 5.49. The van der Waals surface area contributed by atoms with E-state index in [1.54, 1.807) is 6.08 Å². The van der Waals surface area contributed by atoms with E-state index in [0.717, 1.165) is 37.3 Å². The number of ketones is 1. The molecule has 4 nitrogen and oxygen atoms in total. The van der Waals surface area contributed by atoms with Gasteiger partial charge in [0.25, 0.3) is 0 Å². The van der Waals surface area contributed by atoms with Gasteiger partial charge < -0.3 is 10.2 Å². The van der Waals surface area contributed by atoms with Crippen LogP contribution in [0.3, 0.4) is 0 Å². The summed E-state index contributed by atoms with van der Waals surface area (Å²) in [6.07, 6.45) is 2.52. The van der Waals surface area contributed by atoms with Crippen LogP contribution < -0.4 is 10.2 Å². The van der Waals surface area contributed by atoms with Crippen LogP contribution in [0.25, 0.3) is 6.08 Å². The number of rotatable bonds is 6. The van der Waals surface area contributed by atoms with E-state index in [2.05, 4.69) is 30.1 Å². The smallest absolute Gasteiger partial charge is 0.177 e. The third-order valence-corrected chi connectivity index (χ3v) is 4.15. The molecule has 22 heavy (non-hydrogen) atoms. The van der Waals surface area contributed by atoms with Crippen molar-refractivity contribution in [3.63, 3.8) is 0 Å². The highest BCUT2D eigenvalue weighted by molar-refractivity contribution is 6.04. The molecule has 1 aromatic carbocycles. The molecule has 0 aliphatic carbocycles. The Hall–Kier alpha value is -2.12. The Morgan fingerprint density at radius 2 is 2.05 bits per heavy atom. The first-order valence-electron chi connectivity index (χ1n) is 7.91. The molecule has 0 amide bonds. The molecule has 0 radical (unpaired) electrons. The Kier molecular flexibility index (Phi) is 5.74. The van der Waals surface area contributed by atoms with Gasteiger partial charge in [0.15, 0.2) is 5.78 Å². The van der Waals surface area contributed by atoms with Crippen molar-refractivity contribution in [2.75, 3.05) is 31.1 Å². The highest BCUT2D eigenvalue weighted by Crippen LogP contribution is 2.19. The molecule has 1 atom stereocenters. The Morgan fingerprint density at radius 1 is 1.36 bits per heavy atom. The van der Waals surface area contributed by atoms with E-state index in [-0.39, 0.29) is 17.3 Å². The first-order chi connectivity index (χ1) is 10.7. The Balaban J connectivity index is 2.16. The molecular formula is C18H23N3O. The van der Waals surface area contributed by atoms with Gasteiger partial charge in [0.05, 0.1) is 5.57 Å². The average molecular weight is 297 g/mol. The van der Waals surface area contributed by atoms with Gasteiger partial charge in [-0.3, -0.25) is 4.79 Å². The van der Waals surface area contributed by atoms with Gasteiger partial charge >= 0.3 is 0 Å². The maximum Gasteiger partial charge on any atom is 0.177 e. The molecule has 0 saturated carbocycles. The molecule has 1 N–H and O–H groups in total. The van der Waals surface area contributed by atoms with E-state index in [1.165, 1.54) is 0 Å². The first-order valence-corrected chi connectivity index (χ1v) is 7.91. The number of carbonyl (C=O) groups excluding carboxylic acids is 1. The first kappa shape index (κ1) is 16.3. The van der Waals surface area contributed by atoms with Gasteiger partial charge in [0.1, 0.15) is 6.07 Å². The van der Waals surface area contributed by atoms with Crippen LogP contribution in [0.15, 0.2) is 29.8 Å². The van der Waals surface area contributed by atoms with Crippen LogP contribution in [-0.4, -0.2) is 32.0 Å². The van der Waals surface area contributed by atoms with Crippen molar-refractivity contribution in [3.8, 4) is 6.07 Å². The fourth-order valence-corrected chi connectivity index (χ4v) is 2.79. The summed E-state index contributed by atoms with van der Waals surface area (Å²) in [7, 11) is 0. The number of allylic oxidation sites excluding steroid dienone is 1. The van der Waals surface area contributed by atoms with Crippen molar-refractivity contribution < 1.29 is 4.79 Å². The lowest BCUT2D eigenvalue weighted by Crippen LogP contribution is -2.21. The maximum absolute atomic E-state index is 12.3. The lowest BCUT2D eigenvalue weighted by molar-refractivity contribution is -0.118. The minimum atomic E-state index is -0.0548. The number of nitriles is 1. The molecular weight excluding hydrogens is 274 g/mol. The summed E-state index contributed by atoms with van der Waals surface area (Å²) in [5, 5.41) is 12.4. The van der Waals surface area contributed by atoms with Gasteiger partial charge in [-0.05, 0) is 50.6 Å². The highest BCUT2D eigenvalue weighted by atomic mass is 16.1. The van der Waals surface area contributed by atoms with Crippen LogP contribution in [0.2, 0.25) is 0 Å². The topological polar surface area (TPSA) is 56.1 Å². The fraction of sp³-hybridized carbons (Fsp3) is 0.444. The predicted molar refractivity (Wildman–Crippen MR) is 89.6 cm³/mol. The quantitative estimate of drug-likeness (QED) is 0.648. The Labute approximate surface area is 132 Å². The monoisotopic (exact) mass is 297 g/mol. The van der Waals surface area contributed by atoms with E-state index in [1.807, 2.05) is 24.3 Å². The number of nitrogens with zero attached hydrogens (tertiary/aromatic N) is 2. The van der Waals surface area contributed by atoms with Crippen molar-refractivity contribution in [1.82, 2.24) is 5.32 Å². The number of nitrogens with one attached hydrogen (secondary N) is 1. The molecule has 1 heterocycles. The zero-order valence-electron chi connectivity index (χ0n) is 13.3. The van der Waals surface area contributed by atoms with Gasteiger partial charge in [-0.1, -0.05) is 12.1 Å². The minimum absolute atomic E-state index is 0.0414. The van der Waals surface area contributed by atoms with Crippen LogP contribution in [0.5, 0.6) is 0 Å². The fourth-order valence-electron chi connectivity index (χ4n) is 2.79. The van der Waals surface area contributed by atoms with E-state index < -0.39 is 0 Å². The normalized spacial score (nSPS) is 18.0. The summed E-state index contributed by atoms with van der Waals surface area (Å²) < 4.78 is 0. The molecule has 116 valence electrons. The molecule has 0 aromatic heterocycles. The number of anilines is 1. The number of benzene rings is 1. The van der Waals surface area contributed by atoms with Crippen molar-refractivity contribution in [3.05, 3.63) is 35.4 Å². The third kappa shape index (κ3) is 3.75. The summed E-state index contributed by atoms with van der Waals surface area (Å²) in [4.78, 5) is 14.6. The molecule has 1 aliphatic heterocycles. The maximum atomic E-state index is 12.3. The molecule has 4 heteroatoms. The summed E-state index contributed by atoms with van der Waals surface area (Å²) in [6.45, 7) is 7.70. The Bertz CT molecular complexity index is 573. The van der Waals surface area contributed by atoms with Crippen LogP contribution in [0.1, 0.15) is 25.8 Å². The van der Waals surface area contributed by atoms with Crippen molar-refractivity contribution in [2.24, 2.45) is 5.92 Å². The highest BCUT2D eigenvalue weighted by Gasteiger charge is 2.25. The number of Topliss-reactive ketones (excluding diaryl/α,β-unsaturated/α-hetero) is 1. The molecule has 0 bridgehead atoms. The lowest BCUT2D eigenvalue weighted by Gasteiger charge is -2.20. The largest absolute Gasteiger partial charge is 0.372 e. The molecule has 2 rings (SSSR count). The summed E-state index contributed by atoms with van der Waals surface area (Å²) >= 11 is 0. The molecule has 1 aliphatic rings. The summed E-state index contributed by atoms with van der Waals surface area (Å²) in [6, 6.07) is 10.1. The van der Waals surface area contributed by atoms with Crippen LogP contribution in [-0.2, 0) is 4.79 Å². The SMILES string of the molecule is CCN(CC)c1ccc(C=C(C#N)C(=O)C2CCNC2)cc1. The number of hydrogen-bond donors (Lipinski definition) is 1. The van der Waals surface area contributed by atoms with Crippen molar-refractivity contribution in [1.29, 1.82) is 5.26 Å². The van der Waals surface area contributed by atoms with E-state index in [9.17, 15) is 10.1 Å². The molecule has 1 fully saturated rings. The van der Waals surface area contributed by atoms with Crippen molar-refractivity contribution in [2.45, 2.75) is 20.3 Å². The average Bonchev–Trinajstić information content (AvgIpc) is 3.09. The van der Waals surface area contributed by atoms with Gasteiger partial charge in [0, 0.05) is 31.2 Å². The second-order valence-electron chi connectivity index (χ2n) is 5.49. The van der Waals surface area contributed by atoms with Crippen LogP contribution in [0, 0.1) is 17.2 Å². The van der Waals surface area contributed by atoms with Crippen molar-refractivity contribution >= 4 is 17.5 Å². The number of carbonyl (C=O) groups is 1. The van der Waals surface area contributed by atoms with Gasteiger partial charge in [0.2, 0.25) is 0 Å². The summed E-state index contributed by atoms with van der Waals surface area (Å²) in [5.41, 5.74) is 2.31. The van der Waals surface area contributed by atoms with Crippen LogP contribution >= 0.6 is 0 Å². The molecule has 1 aromatic rings. The van der Waals surface area contributed by atoms with E-state index >= 15 is 0 Å². The van der Waals surface area contributed by atoms with E-state index in [0.29, 0.717) is 6.54 Å². The Morgan fingerprint density at radius 3 is 2.55 bits per heavy atom. The summed E-state index contributed by atoms with van der Waals surface area (Å²) in [5.74, 6) is -0.0961. The molecule has 1 unspecified atom stereocenters. The minimum Gasteiger partial charge on any atom is -0.372 e. The third-order valence-electron chi connectivity index (χ3n) is 4.15. The molecule has 1 saturated heterocycles. The lowest BCUT2D eigenvalue weighted by atomic mass is 9.96. The van der Waals surface area contributed by atoms with Crippen LogP contribution in [0.4, 0.5) is 5.69 Å². The van der Waals surface area contributed by atoms with E-state index in [4.69, 9.17) is 0 Å². The van der Waals surface area contributed by atoms with Gasteiger partial charge in [-0.15, -0.1) is 0 Å². The zero-order valence-corrected chi connectivity index (χ0v) is 13.3. The standard InChI is InChI=1S/C18H23N3O/c1-3-21(4-2)17-7-5-14(6-8-17)11-16(12-19)18(22)15-9-10-20-13-15/h5-8,11,15,20H,3-4,9-10,13H2,1-2H3. The number of hydrogen-bond acceptors (Lipinski definition) is 4. The molecule has 0 spiro atoms. The predicted octanol–water partition coefficient (Wildman–Crippen LogP) is 2.62. The zero-order chi connectivity index (χ0) is 15.9.